The molecule has 0 aliphatic carbocycles. The molecule has 10 heteroatoms. The number of nitrogens with zero attached hydrogens (tertiary/aromatic N) is 7. The van der Waals surface area contributed by atoms with Gasteiger partial charge in [0.15, 0.2) is 11.6 Å². The van der Waals surface area contributed by atoms with Gasteiger partial charge in [0.25, 0.3) is 0 Å². The first-order chi connectivity index (χ1) is 16.4. The number of hydrogen-bond donors (Lipinski definition) is 0. The van der Waals surface area contributed by atoms with Crippen molar-refractivity contribution in [3.63, 3.8) is 0 Å². The van der Waals surface area contributed by atoms with Gasteiger partial charge < -0.3 is 18.9 Å². The van der Waals surface area contributed by atoms with E-state index in [1.807, 2.05) is 28.7 Å². The first-order valence-electron chi connectivity index (χ1n) is 11.5. The van der Waals surface area contributed by atoms with E-state index in [0.29, 0.717) is 25.0 Å². The van der Waals surface area contributed by atoms with Crippen LogP contribution in [0.3, 0.4) is 0 Å². The van der Waals surface area contributed by atoms with Gasteiger partial charge >= 0.3 is 0 Å². The molecule has 1 unspecified atom stereocenters. The Morgan fingerprint density at radius 3 is 2.68 bits per heavy atom. The second kappa shape index (κ2) is 8.75. The lowest BCUT2D eigenvalue weighted by Gasteiger charge is -2.27. The van der Waals surface area contributed by atoms with Gasteiger partial charge in [0.1, 0.15) is 21.9 Å². The Bertz CT molecular complexity index is 1320. The van der Waals surface area contributed by atoms with Crippen LogP contribution in [-0.4, -0.2) is 68.8 Å². The minimum atomic E-state index is -0.349. The maximum absolute atomic E-state index is 5.92. The third-order valence-corrected chi connectivity index (χ3v) is 7.83. The molecule has 0 radical (unpaired) electrons. The Morgan fingerprint density at radius 2 is 2.03 bits per heavy atom. The highest BCUT2D eigenvalue weighted by Gasteiger charge is 2.40. The number of aryl methyl sites for hydroxylation is 2. The molecule has 1 fully saturated rings. The molecular formula is C24H31N7O2S. The summed E-state index contributed by atoms with van der Waals surface area (Å²) in [7, 11) is 5.44. The molecule has 1 aliphatic heterocycles. The number of imidazole rings is 1. The Kier molecular flexibility index (Phi) is 5.91. The number of hydrogen-bond acceptors (Lipinski definition) is 8. The zero-order valence-electron chi connectivity index (χ0n) is 20.6. The third-order valence-electron chi connectivity index (χ3n) is 6.62. The van der Waals surface area contributed by atoms with Crippen LogP contribution in [0.4, 0.5) is 5.82 Å². The summed E-state index contributed by atoms with van der Waals surface area (Å²) in [6.07, 6.45) is 6.59. The molecule has 1 aliphatic rings. The summed E-state index contributed by atoms with van der Waals surface area (Å²) >= 11 is 1.66. The van der Waals surface area contributed by atoms with E-state index in [1.54, 1.807) is 31.8 Å². The van der Waals surface area contributed by atoms with Crippen LogP contribution < -0.4 is 4.90 Å². The molecule has 9 nitrogen and oxygen atoms in total. The minimum Gasteiger partial charge on any atom is -0.382 e. The highest BCUT2D eigenvalue weighted by Crippen LogP contribution is 2.43. The molecule has 4 aromatic rings. The summed E-state index contributed by atoms with van der Waals surface area (Å²) in [4.78, 5) is 18.9. The molecule has 4 aromatic heterocycles. The van der Waals surface area contributed by atoms with Gasteiger partial charge in [0, 0.05) is 52.4 Å². The lowest BCUT2D eigenvalue weighted by atomic mass is 10.1. The number of thiophene rings is 1. The number of methoxy groups -OCH3 is 2. The van der Waals surface area contributed by atoms with E-state index in [-0.39, 0.29) is 5.60 Å². The Morgan fingerprint density at radius 1 is 1.21 bits per heavy atom. The van der Waals surface area contributed by atoms with Gasteiger partial charge in [-0.05, 0) is 38.8 Å². The van der Waals surface area contributed by atoms with Crippen molar-refractivity contribution in [2.45, 2.75) is 38.8 Å². The molecule has 0 bridgehead atoms. The molecule has 0 aromatic carbocycles. The number of ether oxygens (including phenoxy) is 2. The van der Waals surface area contributed by atoms with Crippen LogP contribution in [0.15, 0.2) is 24.7 Å². The summed E-state index contributed by atoms with van der Waals surface area (Å²) in [6, 6.07) is 2.39. The quantitative estimate of drug-likeness (QED) is 0.393. The zero-order chi connectivity index (χ0) is 24.0. The van der Waals surface area contributed by atoms with Crippen molar-refractivity contribution < 1.29 is 9.47 Å². The van der Waals surface area contributed by atoms with Gasteiger partial charge in [0.2, 0.25) is 0 Å². The van der Waals surface area contributed by atoms with Gasteiger partial charge in [-0.15, -0.1) is 11.3 Å². The third kappa shape index (κ3) is 3.79. The van der Waals surface area contributed by atoms with Crippen LogP contribution in [0, 0.1) is 6.92 Å². The Balaban J connectivity index is 1.67. The molecule has 0 spiro atoms. The monoisotopic (exact) mass is 481 g/mol. The second-order valence-corrected chi connectivity index (χ2v) is 10.2. The molecule has 5 heterocycles. The summed E-state index contributed by atoms with van der Waals surface area (Å²) in [5.41, 5.74) is 1.76. The molecule has 0 N–H and O–H groups in total. The Hall–Kier alpha value is -2.82. The van der Waals surface area contributed by atoms with E-state index in [4.69, 9.17) is 24.5 Å². The van der Waals surface area contributed by atoms with Gasteiger partial charge in [-0.25, -0.2) is 15.0 Å². The van der Waals surface area contributed by atoms with Crippen LogP contribution in [-0.2, 0) is 16.5 Å². The maximum Gasteiger partial charge on any atom is 0.199 e. The SMILES string of the molecule is COCC1(OC)CCN(c2nc(-c3nccn3C)nc3sc(-c4ccn(C(C)C)n4)c(C)c23)C1. The average Bonchev–Trinajstić information content (AvgIpc) is 3.60. The molecule has 180 valence electrons. The topological polar surface area (TPSA) is 83.1 Å². The van der Waals surface area contributed by atoms with Gasteiger partial charge in [-0.3, -0.25) is 4.68 Å². The van der Waals surface area contributed by atoms with Crippen molar-refractivity contribution in [1.29, 1.82) is 0 Å². The van der Waals surface area contributed by atoms with Crippen LogP contribution >= 0.6 is 11.3 Å². The fourth-order valence-electron chi connectivity index (χ4n) is 4.65. The van der Waals surface area contributed by atoms with Crippen molar-refractivity contribution in [2.75, 3.05) is 38.8 Å². The summed E-state index contributed by atoms with van der Waals surface area (Å²) in [6.45, 7) is 8.48. The maximum atomic E-state index is 5.92. The molecule has 1 atom stereocenters. The molecule has 0 amide bonds. The summed E-state index contributed by atoms with van der Waals surface area (Å²) < 4.78 is 15.3. The number of rotatable bonds is 7. The van der Waals surface area contributed by atoms with E-state index in [0.717, 1.165) is 51.0 Å². The fourth-order valence-corrected chi connectivity index (χ4v) is 5.79. The highest BCUT2D eigenvalue weighted by atomic mass is 32.1. The van der Waals surface area contributed by atoms with Crippen LogP contribution in [0.5, 0.6) is 0 Å². The van der Waals surface area contributed by atoms with Crippen molar-refractivity contribution in [3.05, 3.63) is 30.2 Å². The van der Waals surface area contributed by atoms with Crippen molar-refractivity contribution >= 4 is 27.4 Å². The molecule has 34 heavy (non-hydrogen) atoms. The lowest BCUT2D eigenvalue weighted by Crippen LogP contribution is -2.40. The van der Waals surface area contributed by atoms with Gasteiger partial charge in [0.05, 0.1) is 23.4 Å². The Labute approximate surface area is 203 Å². The zero-order valence-corrected chi connectivity index (χ0v) is 21.4. The number of fused-ring (bicyclic) bond motifs is 1. The summed E-state index contributed by atoms with van der Waals surface area (Å²) in [5.74, 6) is 2.28. The molecule has 5 rings (SSSR count). The van der Waals surface area contributed by atoms with Crippen molar-refractivity contribution in [2.24, 2.45) is 7.05 Å². The highest BCUT2D eigenvalue weighted by molar-refractivity contribution is 7.22. The second-order valence-electron chi connectivity index (χ2n) is 9.24. The lowest BCUT2D eigenvalue weighted by molar-refractivity contribution is -0.0480. The van der Waals surface area contributed by atoms with E-state index in [2.05, 4.69) is 36.7 Å². The van der Waals surface area contributed by atoms with Crippen molar-refractivity contribution in [1.82, 2.24) is 29.3 Å². The number of anilines is 1. The van der Waals surface area contributed by atoms with E-state index in [1.165, 1.54) is 0 Å². The van der Waals surface area contributed by atoms with E-state index < -0.39 is 0 Å². The normalized spacial score (nSPS) is 18.6. The number of aromatic nitrogens is 6. The van der Waals surface area contributed by atoms with Crippen LogP contribution in [0.2, 0.25) is 0 Å². The first-order valence-corrected chi connectivity index (χ1v) is 12.3. The largest absolute Gasteiger partial charge is 0.382 e. The average molecular weight is 482 g/mol. The molecule has 0 saturated carbocycles. The first kappa shape index (κ1) is 22.9. The van der Waals surface area contributed by atoms with Crippen molar-refractivity contribution in [3.8, 4) is 22.2 Å². The van der Waals surface area contributed by atoms with Gasteiger partial charge in [-0.2, -0.15) is 5.10 Å². The predicted molar refractivity (Wildman–Crippen MR) is 134 cm³/mol. The predicted octanol–water partition coefficient (Wildman–Crippen LogP) is 4.09. The molecular weight excluding hydrogens is 450 g/mol. The summed E-state index contributed by atoms with van der Waals surface area (Å²) in [5, 5.41) is 5.89. The van der Waals surface area contributed by atoms with Crippen LogP contribution in [0.1, 0.15) is 31.9 Å². The van der Waals surface area contributed by atoms with Gasteiger partial charge in [-0.1, -0.05) is 0 Å². The van der Waals surface area contributed by atoms with Crippen LogP contribution in [0.25, 0.3) is 32.4 Å². The van der Waals surface area contributed by atoms with E-state index >= 15 is 0 Å². The minimum absolute atomic E-state index is 0.307. The fraction of sp³-hybridized carbons (Fsp3) is 0.500. The van der Waals surface area contributed by atoms with E-state index in [9.17, 15) is 0 Å². The standard InChI is InChI=1S/C24H31N7O2S/c1-15(2)31-10-7-17(28-31)19-16(3)18-21(30-11-8-24(13-30,33-6)14-32-5)26-20(27-23(18)34-19)22-25-9-12-29(22)4/h7,9-10,12,15H,8,11,13-14H2,1-6H3. The molecule has 1 saturated heterocycles. The smallest absolute Gasteiger partial charge is 0.199 e.